The minimum Gasteiger partial charge on any atom is -0.497 e. The van der Waals surface area contributed by atoms with Gasteiger partial charge in [0.25, 0.3) is 0 Å². The number of hydrogen-bond donors (Lipinski definition) is 1. The van der Waals surface area contributed by atoms with Gasteiger partial charge in [-0.3, -0.25) is 39.6 Å². The molecule has 29 nitrogen and oxygen atoms in total. The Hall–Kier alpha value is -12.3. The number of aliphatic hydroxyl groups excluding tert-OH is 1. The van der Waals surface area contributed by atoms with E-state index in [2.05, 4.69) is 59.9 Å². The van der Waals surface area contributed by atoms with Crippen LogP contribution >= 0.6 is 0 Å². The number of aromatic nitrogens is 13. The maximum Gasteiger partial charge on any atom is 0.150 e. The van der Waals surface area contributed by atoms with Gasteiger partial charge in [-0.05, 0) is 101 Å². The Morgan fingerprint density at radius 2 is 1.02 bits per heavy atom. The summed E-state index contributed by atoms with van der Waals surface area (Å²) in [6.45, 7) is 8.89. The zero-order valence-electron chi connectivity index (χ0n) is 61.5. The molecule has 3 unspecified atom stereocenters. The van der Waals surface area contributed by atoms with E-state index in [9.17, 15) is 5.11 Å². The molecule has 0 saturated carbocycles. The highest BCUT2D eigenvalue weighted by Crippen LogP contribution is 2.39. The highest BCUT2D eigenvalue weighted by molar-refractivity contribution is 6.39. The molecule has 550 valence electrons. The summed E-state index contributed by atoms with van der Waals surface area (Å²) in [7, 11) is 13.2. The molecule has 6 aromatic carbocycles. The lowest BCUT2D eigenvalue weighted by atomic mass is 10.1. The number of methoxy groups -OCH3 is 7. The van der Waals surface area contributed by atoms with Crippen molar-refractivity contribution in [1.82, 2.24) is 64.2 Å². The maximum absolute atomic E-state index is 10.5. The van der Waals surface area contributed by atoms with Crippen LogP contribution in [-0.2, 0) is 29.6 Å². The number of rotatable bonds is 25. The van der Waals surface area contributed by atoms with Gasteiger partial charge in [-0.1, -0.05) is 0 Å². The number of benzene rings is 6. The summed E-state index contributed by atoms with van der Waals surface area (Å²) in [4.78, 5) is 56.5. The average molecular weight is 1450 g/mol. The summed E-state index contributed by atoms with van der Waals surface area (Å²) in [6.07, 6.45) is 18.3. The lowest BCUT2D eigenvalue weighted by Crippen LogP contribution is -2.31. The molecule has 3 aliphatic heterocycles. The zero-order valence-corrected chi connectivity index (χ0v) is 61.5. The van der Waals surface area contributed by atoms with Crippen LogP contribution in [0.15, 0.2) is 179 Å². The van der Waals surface area contributed by atoms with E-state index in [1.165, 1.54) is 0 Å². The van der Waals surface area contributed by atoms with Gasteiger partial charge in [-0.25, -0.2) is 29.3 Å². The van der Waals surface area contributed by atoms with Crippen LogP contribution in [0, 0.1) is 6.92 Å². The van der Waals surface area contributed by atoms with Gasteiger partial charge >= 0.3 is 0 Å². The third-order valence-corrected chi connectivity index (χ3v) is 18.0. The number of ether oxygens (including phenoxy) is 8. The van der Waals surface area contributed by atoms with E-state index in [1.807, 2.05) is 164 Å². The van der Waals surface area contributed by atoms with Crippen LogP contribution in [-0.4, -0.2) is 188 Å². The second-order valence-electron chi connectivity index (χ2n) is 25.3. The summed E-state index contributed by atoms with van der Waals surface area (Å²) < 4.78 is 49.7. The normalized spacial score (nSPS) is 15.4. The van der Waals surface area contributed by atoms with E-state index in [0.29, 0.717) is 72.1 Å². The quantitative estimate of drug-likeness (QED) is 0.0556. The van der Waals surface area contributed by atoms with Crippen molar-refractivity contribution in [2.75, 3.05) is 90.8 Å². The van der Waals surface area contributed by atoms with Gasteiger partial charge in [0.2, 0.25) is 0 Å². The molecule has 3 aliphatic rings. The van der Waals surface area contributed by atoms with Crippen LogP contribution in [0.5, 0.6) is 34.5 Å². The number of fused-ring (bicyclic) bond motifs is 3. The molecule has 1 saturated heterocycles. The molecule has 0 bridgehead atoms. The SMILES string of the molecule is COC[C@@H](O)CN(c1cc(OC)cc(OC)c1)c1ccc2ncc(-c3cnn(C)c3)nc2c1.COc1cc(OC)cc(N(CCn2ncnc2C)c2ccc3ncc(C4=NC(C)N=C4)nc3c2)c1.COc1cc(OC)cc(N(Cc2ccn(C3CCCCO3)n2)c2ccc3ncc(C4=NC(C)N=C4)nc3c2)c1. The molecule has 1 N–H and O–H groups in total. The maximum atomic E-state index is 10.5. The number of anilines is 6. The molecular formula is C78H84N20O9. The first-order valence-corrected chi connectivity index (χ1v) is 34.8. The third-order valence-electron chi connectivity index (χ3n) is 18.0. The summed E-state index contributed by atoms with van der Waals surface area (Å²) >= 11 is 0. The molecule has 9 heterocycles. The van der Waals surface area contributed by atoms with Crippen LogP contribution in [0.4, 0.5) is 34.1 Å². The van der Waals surface area contributed by atoms with Gasteiger partial charge in [0.15, 0.2) is 0 Å². The van der Waals surface area contributed by atoms with Gasteiger partial charge in [-0.2, -0.15) is 15.3 Å². The standard InChI is InChI=1S/C29H31N7O3.C25H26N8O2.C24H27N5O4/c1-19-30-16-27(32-19)28-17-31-25-8-7-21(14-26(25)33-28)35(22-12-23(37-2)15-24(13-22)38-3)18-20-9-10-36(34-20)29-6-4-5-11-39-29;1-16-26-13-24(30-16)25-14-27-22-6-5-18(11-23(22)31-25)32(7-8-33-17(2)28-15-29-33)19-9-20(34-3)12-21(10-19)35-4;1-28-13-16(11-26-28)24-12-25-22-6-5-17(9-23(22)27-24)29(14-19(30)15-31-2)18-7-20(32-3)10-21(8-18)33-4/h7-10,12-17,19,29H,4-6,11,18H2,1-3H3;5-6,9-16H,7-8H2,1-4H3;5-13,19,30H,14-15H2,1-4H3/t;;19-/m..0/s1. The monoisotopic (exact) mass is 1440 g/mol. The van der Waals surface area contributed by atoms with Crippen molar-refractivity contribution in [2.24, 2.45) is 27.0 Å². The molecular weight excluding hydrogens is 1360 g/mol. The average Bonchev–Trinajstić information content (AvgIpc) is 1.74. The molecule has 107 heavy (non-hydrogen) atoms. The summed E-state index contributed by atoms with van der Waals surface area (Å²) in [6, 6.07) is 37.2. The van der Waals surface area contributed by atoms with Crippen molar-refractivity contribution >= 4 is 91.1 Å². The van der Waals surface area contributed by atoms with Crippen molar-refractivity contribution in [3.8, 4) is 45.8 Å². The van der Waals surface area contributed by atoms with Crippen molar-refractivity contribution in [2.45, 2.75) is 77.8 Å². The second kappa shape index (κ2) is 33.6. The van der Waals surface area contributed by atoms with E-state index >= 15 is 0 Å². The molecule has 15 rings (SSSR count). The fourth-order valence-corrected chi connectivity index (χ4v) is 12.5. The Morgan fingerprint density at radius 3 is 1.47 bits per heavy atom. The van der Waals surface area contributed by atoms with Crippen molar-refractivity contribution in [3.05, 3.63) is 182 Å². The van der Waals surface area contributed by atoms with Crippen LogP contribution < -0.4 is 43.1 Å². The van der Waals surface area contributed by atoms with Gasteiger partial charge in [0, 0.05) is 134 Å². The molecule has 6 aromatic heterocycles. The lowest BCUT2D eigenvalue weighted by molar-refractivity contribution is -0.0396. The van der Waals surface area contributed by atoms with Crippen LogP contribution in [0.2, 0.25) is 0 Å². The fraction of sp³-hybridized carbons (Fsp3) is 0.308. The number of hydrogen-bond acceptors (Lipinski definition) is 26. The van der Waals surface area contributed by atoms with Crippen molar-refractivity contribution in [3.63, 3.8) is 0 Å². The van der Waals surface area contributed by atoms with Gasteiger partial charge in [-0.15, -0.1) is 0 Å². The summed E-state index contributed by atoms with van der Waals surface area (Å²) in [5, 5.41) is 24.0. The molecule has 1 fully saturated rings. The molecule has 0 spiro atoms. The molecule has 0 radical (unpaired) electrons. The van der Waals surface area contributed by atoms with Gasteiger partial charge < -0.3 is 57.7 Å². The Bertz CT molecular complexity index is 5160. The van der Waals surface area contributed by atoms with Crippen LogP contribution in [0.1, 0.15) is 62.2 Å². The summed E-state index contributed by atoms with van der Waals surface area (Å²) in [5.41, 5.74) is 15.4. The second-order valence-corrected chi connectivity index (χ2v) is 25.3. The fourth-order valence-electron chi connectivity index (χ4n) is 12.5. The van der Waals surface area contributed by atoms with E-state index in [-0.39, 0.29) is 25.2 Å². The molecule has 29 heteroatoms. The van der Waals surface area contributed by atoms with Crippen LogP contribution in [0.25, 0.3) is 44.4 Å². The van der Waals surface area contributed by atoms with Crippen molar-refractivity contribution < 1.29 is 43.0 Å². The van der Waals surface area contributed by atoms with E-state index in [1.54, 1.807) is 104 Å². The summed E-state index contributed by atoms with van der Waals surface area (Å²) in [5.74, 6) is 4.96. The number of aryl methyl sites for hydroxylation is 2. The Balaban J connectivity index is 0.000000142. The zero-order chi connectivity index (χ0) is 74.5. The van der Waals surface area contributed by atoms with E-state index in [4.69, 9.17) is 57.9 Å². The first-order valence-electron chi connectivity index (χ1n) is 34.8. The minimum absolute atomic E-state index is 0.0167. The first-order chi connectivity index (χ1) is 52.1. The van der Waals surface area contributed by atoms with E-state index in [0.717, 1.165) is 127 Å². The predicted molar refractivity (Wildman–Crippen MR) is 412 cm³/mol. The molecule has 0 amide bonds. The molecule has 4 atom stereocenters. The Labute approximate surface area is 618 Å². The highest BCUT2D eigenvalue weighted by Gasteiger charge is 2.24. The number of aliphatic hydroxyl groups is 1. The minimum atomic E-state index is -0.712. The predicted octanol–water partition coefficient (Wildman–Crippen LogP) is 11.9. The largest absolute Gasteiger partial charge is 0.497 e. The van der Waals surface area contributed by atoms with Crippen LogP contribution in [0.3, 0.4) is 0 Å². The van der Waals surface area contributed by atoms with Crippen molar-refractivity contribution in [1.29, 1.82) is 0 Å². The lowest BCUT2D eigenvalue weighted by Gasteiger charge is -2.28. The Morgan fingerprint density at radius 1 is 0.533 bits per heavy atom. The number of nitrogens with zero attached hydrogens (tertiary/aromatic N) is 20. The third kappa shape index (κ3) is 17.6. The van der Waals surface area contributed by atoms with Gasteiger partial charge in [0.1, 0.15) is 88.0 Å². The van der Waals surface area contributed by atoms with Gasteiger partial charge in [0.05, 0.1) is 157 Å². The highest BCUT2D eigenvalue weighted by atomic mass is 16.5. The number of aliphatic imine (C=N–C) groups is 4. The smallest absolute Gasteiger partial charge is 0.150 e. The topological polar surface area (TPSA) is 297 Å². The Kier molecular flexibility index (Phi) is 22.9. The first kappa shape index (κ1) is 73.0. The molecule has 12 aromatic rings. The van der Waals surface area contributed by atoms with E-state index < -0.39 is 6.10 Å². The molecule has 0 aliphatic carbocycles.